The Labute approximate surface area is 421 Å². The third kappa shape index (κ3) is 9.46. The molecule has 0 amide bonds. The zero-order valence-corrected chi connectivity index (χ0v) is 39.6. The second-order valence-electron chi connectivity index (χ2n) is 18.2. The van der Waals surface area contributed by atoms with Crippen molar-refractivity contribution in [2.75, 3.05) is 0 Å². The molecule has 0 atom stereocenters. The molecule has 2 heteroatoms. The van der Waals surface area contributed by atoms with Crippen LogP contribution < -0.4 is 0 Å². The van der Waals surface area contributed by atoms with Crippen LogP contribution >= 0.6 is 0 Å². The molecule has 72 heavy (non-hydrogen) atoms. The fourth-order valence-corrected chi connectivity index (χ4v) is 9.70. The predicted octanol–water partition coefficient (Wildman–Crippen LogP) is 18.8. The van der Waals surface area contributed by atoms with Crippen LogP contribution in [0.3, 0.4) is 0 Å². The van der Waals surface area contributed by atoms with E-state index in [-0.39, 0.29) is 0 Å². The van der Waals surface area contributed by atoms with Crippen LogP contribution in [0, 0.1) is 0 Å². The molecule has 0 bridgehead atoms. The normalized spacial score (nSPS) is 11.1. The van der Waals surface area contributed by atoms with Crippen molar-refractivity contribution in [1.82, 2.24) is 9.97 Å². The molecule has 12 aromatic rings. The highest BCUT2D eigenvalue weighted by Gasteiger charge is 2.16. The zero-order valence-electron chi connectivity index (χ0n) is 39.6. The van der Waals surface area contributed by atoms with Crippen molar-refractivity contribution < 1.29 is 0 Å². The first-order valence-corrected chi connectivity index (χ1v) is 24.5. The molecule has 0 N–H and O–H groups in total. The molecule has 2 heterocycles. The maximum Gasteiger partial charge on any atom is 0.0716 e. The van der Waals surface area contributed by atoms with Gasteiger partial charge in [-0.05, 0) is 151 Å². The lowest BCUT2D eigenvalue weighted by Crippen LogP contribution is -1.95. The second-order valence-corrected chi connectivity index (χ2v) is 18.2. The van der Waals surface area contributed by atoms with Crippen molar-refractivity contribution >= 4 is 0 Å². The molecular formula is C70H48N2. The van der Waals surface area contributed by atoms with E-state index in [0.717, 1.165) is 95.1 Å². The molecule has 338 valence electrons. The summed E-state index contributed by atoms with van der Waals surface area (Å²) < 4.78 is 0. The summed E-state index contributed by atoms with van der Waals surface area (Å²) in [7, 11) is 0. The zero-order chi connectivity index (χ0) is 48.1. The molecule has 0 unspecified atom stereocenters. The molecule has 2 nitrogen and oxygen atoms in total. The molecule has 0 spiro atoms. The molecule has 0 saturated carbocycles. The largest absolute Gasteiger partial charge is 0.248 e. The van der Waals surface area contributed by atoms with Crippen molar-refractivity contribution in [1.29, 1.82) is 0 Å². The lowest BCUT2D eigenvalue weighted by atomic mass is 9.91. The average molecular weight is 917 g/mol. The summed E-state index contributed by atoms with van der Waals surface area (Å²) in [6.45, 7) is 0. The fraction of sp³-hybridized carbons (Fsp3) is 0. The lowest BCUT2D eigenvalue weighted by molar-refractivity contribution is 1.31. The van der Waals surface area contributed by atoms with Crippen LogP contribution in [0.5, 0.6) is 0 Å². The van der Waals surface area contributed by atoms with Crippen molar-refractivity contribution in [3.8, 4) is 123 Å². The third-order valence-electron chi connectivity index (χ3n) is 13.4. The van der Waals surface area contributed by atoms with Crippen molar-refractivity contribution in [2.24, 2.45) is 0 Å². The van der Waals surface area contributed by atoms with E-state index in [4.69, 9.17) is 9.97 Å². The first-order chi connectivity index (χ1) is 35.6. The summed E-state index contributed by atoms with van der Waals surface area (Å²) >= 11 is 0. The van der Waals surface area contributed by atoms with Crippen LogP contribution in [0.4, 0.5) is 0 Å². The lowest BCUT2D eigenvalue weighted by Gasteiger charge is -2.15. The Hall–Kier alpha value is -9.50. The number of aromatic nitrogens is 2. The van der Waals surface area contributed by atoms with Crippen molar-refractivity contribution in [2.45, 2.75) is 0 Å². The van der Waals surface area contributed by atoms with Gasteiger partial charge in [-0.1, -0.05) is 218 Å². The van der Waals surface area contributed by atoms with Gasteiger partial charge < -0.3 is 0 Å². The van der Waals surface area contributed by atoms with Crippen LogP contribution in [0.15, 0.2) is 291 Å². The van der Waals surface area contributed by atoms with E-state index in [1.807, 2.05) is 0 Å². The van der Waals surface area contributed by atoms with Crippen LogP contribution in [-0.2, 0) is 0 Å². The molecule has 2 aromatic heterocycles. The van der Waals surface area contributed by atoms with Gasteiger partial charge in [-0.25, -0.2) is 9.97 Å². The standard InChI is InChI=1S/C70H48N2/c1-7-21-49(22-8-1)59-39-60(50-23-9-2-10-24-50)41-61(40-59)57-35-19-33-55(37-57)56-34-20-36-58(38-56)62-42-65(69-47-63(51-25-11-3-12-26-51)45-67(71-69)53-29-15-5-16-30-53)44-66(43-62)70-48-64(52-27-13-4-14-28-52)46-68(72-70)54-31-17-6-18-32-54/h1-48H. The molecule has 0 fully saturated rings. The Balaban J connectivity index is 1.02. The Bertz CT molecular complexity index is 3500. The predicted molar refractivity (Wildman–Crippen MR) is 302 cm³/mol. The Morgan fingerprint density at radius 1 is 0.125 bits per heavy atom. The summed E-state index contributed by atoms with van der Waals surface area (Å²) in [4.78, 5) is 10.9. The van der Waals surface area contributed by atoms with E-state index in [2.05, 4.69) is 291 Å². The summed E-state index contributed by atoms with van der Waals surface area (Å²) in [5.41, 5.74) is 23.8. The van der Waals surface area contributed by atoms with E-state index >= 15 is 0 Å². The van der Waals surface area contributed by atoms with Crippen LogP contribution in [0.25, 0.3) is 123 Å². The summed E-state index contributed by atoms with van der Waals surface area (Å²) in [6.07, 6.45) is 0. The van der Waals surface area contributed by atoms with E-state index in [1.165, 1.54) is 27.8 Å². The van der Waals surface area contributed by atoms with Gasteiger partial charge in [0, 0.05) is 22.3 Å². The number of benzene rings is 10. The minimum Gasteiger partial charge on any atom is -0.248 e. The minimum absolute atomic E-state index is 0.886. The summed E-state index contributed by atoms with van der Waals surface area (Å²) in [5, 5.41) is 0. The van der Waals surface area contributed by atoms with Gasteiger partial charge >= 0.3 is 0 Å². The maximum absolute atomic E-state index is 5.43. The van der Waals surface area contributed by atoms with Gasteiger partial charge in [0.15, 0.2) is 0 Å². The van der Waals surface area contributed by atoms with Crippen LogP contribution in [-0.4, -0.2) is 9.97 Å². The molecule has 0 aliphatic carbocycles. The molecule has 0 aliphatic heterocycles. The first-order valence-electron chi connectivity index (χ1n) is 24.5. The van der Waals surface area contributed by atoms with E-state index in [0.29, 0.717) is 0 Å². The highest BCUT2D eigenvalue weighted by Crippen LogP contribution is 2.40. The quantitative estimate of drug-likeness (QED) is 0.129. The summed E-state index contributed by atoms with van der Waals surface area (Å²) in [6, 6.07) is 104. The first kappa shape index (κ1) is 43.8. The molecule has 12 rings (SSSR count). The second kappa shape index (κ2) is 19.8. The van der Waals surface area contributed by atoms with Gasteiger partial charge in [0.25, 0.3) is 0 Å². The number of pyridine rings is 2. The van der Waals surface area contributed by atoms with Crippen molar-refractivity contribution in [3.05, 3.63) is 291 Å². The van der Waals surface area contributed by atoms with Gasteiger partial charge in [0.1, 0.15) is 0 Å². The minimum atomic E-state index is 0.886. The topological polar surface area (TPSA) is 25.8 Å². The molecular weight excluding hydrogens is 869 g/mol. The van der Waals surface area contributed by atoms with Crippen LogP contribution in [0.1, 0.15) is 0 Å². The Kier molecular flexibility index (Phi) is 12.1. The molecule has 0 aliphatic rings. The van der Waals surface area contributed by atoms with E-state index in [1.54, 1.807) is 0 Å². The number of hydrogen-bond acceptors (Lipinski definition) is 2. The molecule has 10 aromatic carbocycles. The Morgan fingerprint density at radius 3 is 0.611 bits per heavy atom. The van der Waals surface area contributed by atoms with Gasteiger partial charge in [-0.3, -0.25) is 0 Å². The van der Waals surface area contributed by atoms with Gasteiger partial charge in [0.2, 0.25) is 0 Å². The highest BCUT2D eigenvalue weighted by atomic mass is 14.7. The Morgan fingerprint density at radius 2 is 0.306 bits per heavy atom. The average Bonchev–Trinajstić information content (AvgIpc) is 3.48. The monoisotopic (exact) mass is 916 g/mol. The number of hydrogen-bond donors (Lipinski definition) is 0. The maximum atomic E-state index is 5.43. The number of nitrogens with zero attached hydrogens (tertiary/aromatic N) is 2. The summed E-state index contributed by atoms with van der Waals surface area (Å²) in [5.74, 6) is 0. The van der Waals surface area contributed by atoms with Gasteiger partial charge in [0.05, 0.1) is 22.8 Å². The van der Waals surface area contributed by atoms with Crippen molar-refractivity contribution in [3.63, 3.8) is 0 Å². The number of rotatable bonds is 11. The highest BCUT2D eigenvalue weighted by molar-refractivity contribution is 5.87. The smallest absolute Gasteiger partial charge is 0.0716 e. The van der Waals surface area contributed by atoms with Gasteiger partial charge in [-0.2, -0.15) is 0 Å². The van der Waals surface area contributed by atoms with Crippen LogP contribution in [0.2, 0.25) is 0 Å². The SMILES string of the molecule is c1ccc(-c2cc(-c3ccccc3)cc(-c3cccc(-c4cccc(-c5cc(-c6cc(-c7ccccc7)cc(-c7ccccc7)n6)cc(-c6cc(-c7ccccc7)cc(-c7ccccc7)n6)c5)c4)c3)c2)cc1. The molecule has 0 radical (unpaired) electrons. The molecule has 0 saturated heterocycles. The van der Waals surface area contributed by atoms with E-state index < -0.39 is 0 Å². The third-order valence-corrected chi connectivity index (χ3v) is 13.4. The fourth-order valence-electron chi connectivity index (χ4n) is 9.70. The van der Waals surface area contributed by atoms with E-state index in [9.17, 15) is 0 Å². The van der Waals surface area contributed by atoms with Gasteiger partial charge in [-0.15, -0.1) is 0 Å².